The smallest absolute Gasteiger partial charge is 0.328 e. The molecule has 5 heteroatoms. The number of amides is 2. The second kappa shape index (κ2) is 7.09. The minimum atomic E-state index is -0.589. The van der Waals surface area contributed by atoms with Crippen LogP contribution in [0.5, 0.6) is 0 Å². The van der Waals surface area contributed by atoms with Gasteiger partial charge in [0.2, 0.25) is 0 Å². The van der Waals surface area contributed by atoms with Gasteiger partial charge in [-0.2, -0.15) is 0 Å². The van der Waals surface area contributed by atoms with Crippen LogP contribution in [0, 0.1) is 5.92 Å². The highest BCUT2D eigenvalue weighted by Gasteiger charge is 2.26. The molecule has 0 aromatic rings. The molecule has 0 radical (unpaired) electrons. The van der Waals surface area contributed by atoms with Gasteiger partial charge >= 0.3 is 12.0 Å². The third-order valence-electron chi connectivity index (χ3n) is 2.37. The van der Waals surface area contributed by atoms with E-state index in [9.17, 15) is 9.59 Å². The molecule has 2 amide bonds. The number of rotatable bonds is 5. The molecule has 0 aromatic heterocycles. The zero-order valence-corrected chi connectivity index (χ0v) is 10.7. The fraction of sp³-hybridized carbons (Fsp3) is 0.818. The topological polar surface area (TPSA) is 67.4 Å². The Morgan fingerprint density at radius 2 is 1.75 bits per heavy atom. The molecule has 0 fully saturated rings. The Morgan fingerprint density at radius 1 is 1.19 bits per heavy atom. The summed E-state index contributed by atoms with van der Waals surface area (Å²) in [6.45, 7) is 7.58. The summed E-state index contributed by atoms with van der Waals surface area (Å²) in [5.41, 5.74) is 0. The average molecular weight is 230 g/mol. The van der Waals surface area contributed by atoms with Crippen LogP contribution in [-0.4, -0.2) is 31.2 Å². The van der Waals surface area contributed by atoms with Gasteiger partial charge in [-0.05, 0) is 19.8 Å². The van der Waals surface area contributed by atoms with Crippen LogP contribution in [0.3, 0.4) is 0 Å². The van der Waals surface area contributed by atoms with Crippen molar-refractivity contribution >= 4 is 12.0 Å². The molecule has 16 heavy (non-hydrogen) atoms. The van der Waals surface area contributed by atoms with Crippen molar-refractivity contribution in [1.82, 2.24) is 10.6 Å². The first-order valence-electron chi connectivity index (χ1n) is 5.57. The van der Waals surface area contributed by atoms with E-state index in [1.54, 1.807) is 0 Å². The highest BCUT2D eigenvalue weighted by Crippen LogP contribution is 2.08. The minimum absolute atomic E-state index is 0.0372. The van der Waals surface area contributed by atoms with Crippen LogP contribution >= 0.6 is 0 Å². The van der Waals surface area contributed by atoms with Crippen molar-refractivity contribution in [2.45, 2.75) is 46.2 Å². The number of carbonyl (C=O) groups excluding carboxylic acids is 2. The van der Waals surface area contributed by atoms with E-state index in [4.69, 9.17) is 0 Å². The van der Waals surface area contributed by atoms with Gasteiger partial charge in [0, 0.05) is 6.04 Å². The SMILES string of the molecule is CC[C@H](C)[C@@H](NC(=O)NC(C)C)C(=O)OC. The van der Waals surface area contributed by atoms with E-state index in [-0.39, 0.29) is 18.0 Å². The molecule has 94 valence electrons. The van der Waals surface area contributed by atoms with Crippen molar-refractivity contribution in [3.63, 3.8) is 0 Å². The lowest BCUT2D eigenvalue weighted by atomic mass is 9.99. The van der Waals surface area contributed by atoms with Gasteiger partial charge in [-0.3, -0.25) is 0 Å². The number of hydrogen-bond acceptors (Lipinski definition) is 3. The molecular weight excluding hydrogens is 208 g/mol. The van der Waals surface area contributed by atoms with E-state index < -0.39 is 12.0 Å². The summed E-state index contributed by atoms with van der Waals surface area (Å²) in [6.07, 6.45) is 0.793. The lowest BCUT2D eigenvalue weighted by Crippen LogP contribution is -2.50. The van der Waals surface area contributed by atoms with E-state index in [0.717, 1.165) is 6.42 Å². The molecule has 0 bridgehead atoms. The van der Waals surface area contributed by atoms with Crippen LogP contribution < -0.4 is 10.6 Å². The molecule has 0 unspecified atom stereocenters. The van der Waals surface area contributed by atoms with E-state index in [1.807, 2.05) is 27.7 Å². The van der Waals surface area contributed by atoms with E-state index in [1.165, 1.54) is 7.11 Å². The maximum absolute atomic E-state index is 11.5. The summed E-state index contributed by atoms with van der Waals surface area (Å²) in [6, 6.07) is -0.894. The van der Waals surface area contributed by atoms with Crippen molar-refractivity contribution in [2.75, 3.05) is 7.11 Å². The van der Waals surface area contributed by atoms with Crippen LogP contribution in [-0.2, 0) is 9.53 Å². The maximum atomic E-state index is 11.5. The van der Waals surface area contributed by atoms with Crippen molar-refractivity contribution in [3.8, 4) is 0 Å². The van der Waals surface area contributed by atoms with Crippen LogP contribution in [0.4, 0.5) is 4.79 Å². The van der Waals surface area contributed by atoms with Crippen molar-refractivity contribution in [1.29, 1.82) is 0 Å². The molecule has 0 aliphatic carbocycles. The monoisotopic (exact) mass is 230 g/mol. The quantitative estimate of drug-likeness (QED) is 0.699. The van der Waals surface area contributed by atoms with Gasteiger partial charge in [-0.25, -0.2) is 9.59 Å². The van der Waals surface area contributed by atoms with Crippen LogP contribution in [0.25, 0.3) is 0 Å². The predicted molar refractivity (Wildman–Crippen MR) is 62.1 cm³/mol. The first-order valence-corrected chi connectivity index (χ1v) is 5.57. The average Bonchev–Trinajstić information content (AvgIpc) is 2.22. The fourth-order valence-corrected chi connectivity index (χ4v) is 1.24. The fourth-order valence-electron chi connectivity index (χ4n) is 1.24. The van der Waals surface area contributed by atoms with Gasteiger partial charge in [-0.1, -0.05) is 20.3 Å². The number of nitrogens with one attached hydrogen (secondary N) is 2. The number of ether oxygens (including phenoxy) is 1. The zero-order valence-electron chi connectivity index (χ0n) is 10.7. The Bertz CT molecular complexity index is 241. The number of methoxy groups -OCH3 is 1. The van der Waals surface area contributed by atoms with Crippen molar-refractivity contribution in [3.05, 3.63) is 0 Å². The molecule has 0 saturated carbocycles. The van der Waals surface area contributed by atoms with Crippen LogP contribution in [0.2, 0.25) is 0 Å². The number of esters is 1. The highest BCUT2D eigenvalue weighted by molar-refractivity contribution is 5.83. The molecule has 2 N–H and O–H groups in total. The lowest BCUT2D eigenvalue weighted by molar-refractivity contribution is -0.144. The Morgan fingerprint density at radius 3 is 2.12 bits per heavy atom. The molecule has 0 rings (SSSR count). The van der Waals surface area contributed by atoms with Gasteiger partial charge in [0.1, 0.15) is 6.04 Å². The Balaban J connectivity index is 4.43. The van der Waals surface area contributed by atoms with E-state index >= 15 is 0 Å². The Kier molecular flexibility index (Phi) is 6.53. The lowest BCUT2D eigenvalue weighted by Gasteiger charge is -2.22. The molecular formula is C11H22N2O3. The Hall–Kier alpha value is -1.26. The second-order valence-corrected chi connectivity index (χ2v) is 4.16. The van der Waals surface area contributed by atoms with Crippen molar-refractivity contribution < 1.29 is 14.3 Å². The highest BCUT2D eigenvalue weighted by atomic mass is 16.5. The van der Waals surface area contributed by atoms with Gasteiger partial charge in [0.15, 0.2) is 0 Å². The third-order valence-corrected chi connectivity index (χ3v) is 2.37. The molecule has 5 nitrogen and oxygen atoms in total. The summed E-state index contributed by atoms with van der Waals surface area (Å²) in [4.78, 5) is 22.9. The first-order chi connectivity index (χ1) is 7.42. The summed E-state index contributed by atoms with van der Waals surface area (Å²) in [7, 11) is 1.32. The molecule has 0 saturated heterocycles. The molecule has 0 aromatic carbocycles. The summed E-state index contributed by atoms with van der Waals surface area (Å²) >= 11 is 0. The van der Waals surface area contributed by atoms with Crippen LogP contribution in [0.1, 0.15) is 34.1 Å². The molecule has 0 aliphatic heterocycles. The molecule has 0 aliphatic rings. The van der Waals surface area contributed by atoms with Gasteiger partial charge in [0.25, 0.3) is 0 Å². The molecule has 2 atom stereocenters. The summed E-state index contributed by atoms with van der Waals surface area (Å²) < 4.78 is 4.66. The maximum Gasteiger partial charge on any atom is 0.328 e. The largest absolute Gasteiger partial charge is 0.467 e. The number of urea groups is 1. The molecule has 0 spiro atoms. The minimum Gasteiger partial charge on any atom is -0.467 e. The predicted octanol–water partition coefficient (Wildman–Crippen LogP) is 1.28. The van der Waals surface area contributed by atoms with E-state index in [2.05, 4.69) is 15.4 Å². The summed E-state index contributed by atoms with van der Waals surface area (Å²) in [5, 5.41) is 5.30. The Labute approximate surface area is 96.9 Å². The number of hydrogen-bond donors (Lipinski definition) is 2. The van der Waals surface area contributed by atoms with Gasteiger partial charge < -0.3 is 15.4 Å². The normalized spacial score (nSPS) is 14.1. The second-order valence-electron chi connectivity index (χ2n) is 4.16. The standard InChI is InChI=1S/C11H22N2O3/c1-6-8(4)9(10(14)16-5)13-11(15)12-7(2)3/h7-9H,6H2,1-5H3,(H2,12,13,15)/t8-,9+/m0/s1. The summed E-state index contributed by atoms with van der Waals surface area (Å²) in [5.74, 6) is -0.362. The number of carbonyl (C=O) groups is 2. The zero-order chi connectivity index (χ0) is 12.7. The van der Waals surface area contributed by atoms with E-state index in [0.29, 0.717) is 0 Å². The van der Waals surface area contributed by atoms with Gasteiger partial charge in [0.05, 0.1) is 7.11 Å². The van der Waals surface area contributed by atoms with Crippen LogP contribution in [0.15, 0.2) is 0 Å². The molecule has 0 heterocycles. The van der Waals surface area contributed by atoms with Gasteiger partial charge in [-0.15, -0.1) is 0 Å². The van der Waals surface area contributed by atoms with Crippen molar-refractivity contribution in [2.24, 2.45) is 5.92 Å². The first kappa shape index (κ1) is 14.7. The third kappa shape index (κ3) is 5.00.